The number of aromatic nitrogens is 1. The number of hydrogen-bond donors (Lipinski definition) is 1. The molecule has 0 spiro atoms. The summed E-state index contributed by atoms with van der Waals surface area (Å²) in [6.07, 6.45) is 7.39. The maximum absolute atomic E-state index is 4.49. The van der Waals surface area contributed by atoms with Crippen LogP contribution in [0.3, 0.4) is 0 Å². The van der Waals surface area contributed by atoms with E-state index in [1.165, 1.54) is 36.6 Å². The summed E-state index contributed by atoms with van der Waals surface area (Å²) in [7, 11) is 2.10. The van der Waals surface area contributed by atoms with Crippen LogP contribution in [0.4, 0.5) is 0 Å². The molecule has 106 valence electrons. The molecule has 0 radical (unpaired) electrons. The first-order valence-electron chi connectivity index (χ1n) is 7.80. The second kappa shape index (κ2) is 5.92. The largest absolute Gasteiger partial charge is 0.313 e. The SMILES string of the molecule is CNC(c1ccnc2ccccc12)C1CCCC(C)C1. The van der Waals surface area contributed by atoms with Gasteiger partial charge in [0, 0.05) is 17.6 Å². The van der Waals surface area contributed by atoms with Crippen LogP contribution in [0.1, 0.15) is 44.2 Å². The Hall–Kier alpha value is -1.41. The molecule has 3 unspecified atom stereocenters. The van der Waals surface area contributed by atoms with Crippen molar-refractivity contribution < 1.29 is 0 Å². The molecule has 1 aliphatic rings. The van der Waals surface area contributed by atoms with Gasteiger partial charge in [-0.2, -0.15) is 0 Å². The molecule has 1 aromatic heterocycles. The second-order valence-corrected chi connectivity index (χ2v) is 6.22. The highest BCUT2D eigenvalue weighted by atomic mass is 14.9. The Bertz CT molecular complexity index is 573. The van der Waals surface area contributed by atoms with Crippen molar-refractivity contribution in [2.75, 3.05) is 7.05 Å². The van der Waals surface area contributed by atoms with Crippen molar-refractivity contribution in [3.8, 4) is 0 Å². The third-order valence-corrected chi connectivity index (χ3v) is 4.78. The number of nitrogens with zero attached hydrogens (tertiary/aromatic N) is 1. The summed E-state index contributed by atoms with van der Waals surface area (Å²) >= 11 is 0. The Balaban J connectivity index is 1.98. The molecule has 1 heterocycles. The van der Waals surface area contributed by atoms with Gasteiger partial charge in [0.2, 0.25) is 0 Å². The van der Waals surface area contributed by atoms with Crippen molar-refractivity contribution in [1.29, 1.82) is 0 Å². The fraction of sp³-hybridized carbons (Fsp3) is 0.500. The fourth-order valence-electron chi connectivity index (χ4n) is 3.82. The Labute approximate surface area is 121 Å². The van der Waals surface area contributed by atoms with Gasteiger partial charge in [-0.05, 0) is 49.4 Å². The summed E-state index contributed by atoms with van der Waals surface area (Å²) in [4.78, 5) is 4.49. The molecule has 1 aliphatic carbocycles. The third kappa shape index (κ3) is 2.57. The highest BCUT2D eigenvalue weighted by Crippen LogP contribution is 2.38. The van der Waals surface area contributed by atoms with Crippen LogP contribution in [0.2, 0.25) is 0 Å². The number of para-hydroxylation sites is 1. The normalized spacial score (nSPS) is 24.7. The van der Waals surface area contributed by atoms with Crippen molar-refractivity contribution in [2.24, 2.45) is 11.8 Å². The topological polar surface area (TPSA) is 24.9 Å². The van der Waals surface area contributed by atoms with Gasteiger partial charge in [-0.15, -0.1) is 0 Å². The first-order chi connectivity index (χ1) is 9.79. The fourth-order valence-corrected chi connectivity index (χ4v) is 3.82. The van der Waals surface area contributed by atoms with Gasteiger partial charge in [0.1, 0.15) is 0 Å². The molecule has 2 heteroatoms. The molecule has 2 nitrogen and oxygen atoms in total. The van der Waals surface area contributed by atoms with Crippen molar-refractivity contribution in [2.45, 2.75) is 38.6 Å². The van der Waals surface area contributed by atoms with E-state index in [9.17, 15) is 0 Å². The maximum atomic E-state index is 4.49. The zero-order chi connectivity index (χ0) is 13.9. The number of pyridine rings is 1. The van der Waals surface area contributed by atoms with Gasteiger partial charge in [0.15, 0.2) is 0 Å². The van der Waals surface area contributed by atoms with Gasteiger partial charge in [0.25, 0.3) is 0 Å². The van der Waals surface area contributed by atoms with E-state index < -0.39 is 0 Å². The minimum absolute atomic E-state index is 0.450. The number of rotatable bonds is 3. The minimum Gasteiger partial charge on any atom is -0.313 e. The van der Waals surface area contributed by atoms with Gasteiger partial charge in [0.05, 0.1) is 5.52 Å². The first kappa shape index (κ1) is 13.6. The van der Waals surface area contributed by atoms with Crippen LogP contribution in [0.15, 0.2) is 36.5 Å². The standard InChI is InChI=1S/C18H24N2/c1-13-6-5-7-14(12-13)18(19-2)16-10-11-20-17-9-4-3-8-15(16)17/h3-4,8-11,13-14,18-19H,5-7,12H2,1-2H3. The molecule has 1 fully saturated rings. The molecule has 1 N–H and O–H groups in total. The smallest absolute Gasteiger partial charge is 0.0705 e. The lowest BCUT2D eigenvalue weighted by molar-refractivity contribution is 0.231. The molecular formula is C18H24N2. The molecule has 20 heavy (non-hydrogen) atoms. The maximum Gasteiger partial charge on any atom is 0.0705 e. The molecular weight excluding hydrogens is 244 g/mol. The number of nitrogens with one attached hydrogen (secondary N) is 1. The average Bonchev–Trinajstić information content (AvgIpc) is 2.48. The molecule has 3 rings (SSSR count). The van der Waals surface area contributed by atoms with Crippen molar-refractivity contribution in [3.63, 3.8) is 0 Å². The quantitative estimate of drug-likeness (QED) is 0.896. The summed E-state index contributed by atoms with van der Waals surface area (Å²) in [6.45, 7) is 2.39. The molecule has 1 saturated carbocycles. The van der Waals surface area contributed by atoms with Crippen molar-refractivity contribution >= 4 is 10.9 Å². The molecule has 3 atom stereocenters. The third-order valence-electron chi connectivity index (χ3n) is 4.78. The van der Waals surface area contributed by atoms with E-state index in [4.69, 9.17) is 0 Å². The highest BCUT2D eigenvalue weighted by molar-refractivity contribution is 5.82. The van der Waals surface area contributed by atoms with Crippen LogP contribution in [0.25, 0.3) is 10.9 Å². The molecule has 1 aromatic carbocycles. The molecule has 0 aliphatic heterocycles. The lowest BCUT2D eigenvalue weighted by Gasteiger charge is -2.34. The Morgan fingerprint density at radius 1 is 1.20 bits per heavy atom. The van der Waals surface area contributed by atoms with Crippen LogP contribution in [0.5, 0.6) is 0 Å². The zero-order valence-corrected chi connectivity index (χ0v) is 12.5. The van der Waals surface area contributed by atoms with E-state index >= 15 is 0 Å². The summed E-state index contributed by atoms with van der Waals surface area (Å²) in [5.41, 5.74) is 2.52. The van der Waals surface area contributed by atoms with Gasteiger partial charge in [-0.1, -0.05) is 38.0 Å². The Morgan fingerprint density at radius 2 is 2.05 bits per heavy atom. The Kier molecular flexibility index (Phi) is 4.02. The predicted octanol–water partition coefficient (Wildman–Crippen LogP) is 4.32. The lowest BCUT2D eigenvalue weighted by Crippen LogP contribution is -2.29. The highest BCUT2D eigenvalue weighted by Gasteiger charge is 2.27. The molecule has 0 amide bonds. The van der Waals surface area contributed by atoms with Crippen LogP contribution in [0, 0.1) is 11.8 Å². The van der Waals surface area contributed by atoms with Crippen molar-refractivity contribution in [3.05, 3.63) is 42.1 Å². The monoisotopic (exact) mass is 268 g/mol. The molecule has 2 aromatic rings. The van der Waals surface area contributed by atoms with Gasteiger partial charge in [-0.3, -0.25) is 4.98 Å². The number of hydrogen-bond acceptors (Lipinski definition) is 2. The minimum atomic E-state index is 0.450. The first-order valence-corrected chi connectivity index (χ1v) is 7.80. The van der Waals surface area contributed by atoms with Crippen LogP contribution >= 0.6 is 0 Å². The van der Waals surface area contributed by atoms with Crippen LogP contribution in [-0.2, 0) is 0 Å². The van der Waals surface area contributed by atoms with E-state index in [1.807, 2.05) is 6.20 Å². The van der Waals surface area contributed by atoms with E-state index in [0.717, 1.165) is 17.4 Å². The molecule has 0 bridgehead atoms. The summed E-state index contributed by atoms with van der Waals surface area (Å²) in [5, 5.41) is 4.87. The summed E-state index contributed by atoms with van der Waals surface area (Å²) < 4.78 is 0. The van der Waals surface area contributed by atoms with Gasteiger partial charge in [-0.25, -0.2) is 0 Å². The van der Waals surface area contributed by atoms with E-state index in [-0.39, 0.29) is 0 Å². The van der Waals surface area contributed by atoms with Gasteiger partial charge >= 0.3 is 0 Å². The van der Waals surface area contributed by atoms with E-state index in [0.29, 0.717) is 6.04 Å². The molecule has 0 saturated heterocycles. The zero-order valence-electron chi connectivity index (χ0n) is 12.5. The number of fused-ring (bicyclic) bond motifs is 1. The summed E-state index contributed by atoms with van der Waals surface area (Å²) in [5.74, 6) is 1.60. The van der Waals surface area contributed by atoms with E-state index in [1.54, 1.807) is 0 Å². The van der Waals surface area contributed by atoms with Crippen molar-refractivity contribution in [1.82, 2.24) is 10.3 Å². The van der Waals surface area contributed by atoms with Crippen LogP contribution in [-0.4, -0.2) is 12.0 Å². The van der Waals surface area contributed by atoms with E-state index in [2.05, 4.69) is 54.6 Å². The van der Waals surface area contributed by atoms with Crippen LogP contribution < -0.4 is 5.32 Å². The van der Waals surface area contributed by atoms with Gasteiger partial charge < -0.3 is 5.32 Å². The average molecular weight is 268 g/mol. The summed E-state index contributed by atoms with van der Waals surface area (Å²) in [6, 6.07) is 11.1. The predicted molar refractivity (Wildman–Crippen MR) is 84.7 cm³/mol. The number of benzene rings is 1. The second-order valence-electron chi connectivity index (χ2n) is 6.22. The lowest BCUT2D eigenvalue weighted by atomic mass is 9.76. The Morgan fingerprint density at radius 3 is 2.85 bits per heavy atom.